The van der Waals surface area contributed by atoms with Crippen molar-refractivity contribution in [2.24, 2.45) is 0 Å². The number of aryl methyl sites for hydroxylation is 1. The smallest absolute Gasteiger partial charge is 0.421 e. The lowest BCUT2D eigenvalue weighted by Gasteiger charge is -2.20. The average Bonchev–Trinajstić information content (AvgIpc) is 2.68. The van der Waals surface area contributed by atoms with E-state index in [0.717, 1.165) is 0 Å². The van der Waals surface area contributed by atoms with Crippen molar-refractivity contribution in [1.29, 1.82) is 0 Å². The van der Waals surface area contributed by atoms with Gasteiger partial charge in [-0.25, -0.2) is 9.36 Å². The first-order valence-corrected chi connectivity index (χ1v) is 11.7. The third-order valence-corrected chi connectivity index (χ3v) is 6.87. The molecule has 0 aliphatic rings. The van der Waals surface area contributed by atoms with Gasteiger partial charge in [0.15, 0.2) is 0 Å². The fourth-order valence-corrected chi connectivity index (χ4v) is 3.92. The predicted octanol–water partition coefficient (Wildman–Crippen LogP) is 5.97. The number of phosphoric acid groups is 1. The largest absolute Gasteiger partial charge is 0.530 e. The Hall–Kier alpha value is -0.170. The van der Waals surface area contributed by atoms with Crippen LogP contribution in [0.15, 0.2) is 27.4 Å². The number of benzene rings is 1. The van der Waals surface area contributed by atoms with Crippen LogP contribution in [0.2, 0.25) is 5.02 Å². The first-order chi connectivity index (χ1) is 13.2. The zero-order chi connectivity index (χ0) is 20.9. The molecule has 12 heteroatoms. The summed E-state index contributed by atoms with van der Waals surface area (Å²) in [4.78, 5) is 11.8. The number of phosphoric ester groups is 1. The summed E-state index contributed by atoms with van der Waals surface area (Å²) in [5.41, 5.74) is 0.0518. The summed E-state index contributed by atoms with van der Waals surface area (Å²) in [5, 5.41) is -0.635. The van der Waals surface area contributed by atoms with E-state index < -0.39 is 24.2 Å². The minimum atomic E-state index is -4.12. The molecule has 2 unspecified atom stereocenters. The third-order valence-electron chi connectivity index (χ3n) is 3.45. The summed E-state index contributed by atoms with van der Waals surface area (Å²) in [7, 11) is -4.12. The van der Waals surface area contributed by atoms with E-state index in [2.05, 4.69) is 0 Å². The Morgan fingerprint density at radius 1 is 1.11 bits per heavy atom. The highest BCUT2D eigenvalue weighted by molar-refractivity contribution is 7.48. The zero-order valence-corrected chi connectivity index (χ0v) is 19.2. The number of alkyl halides is 4. The van der Waals surface area contributed by atoms with Crippen molar-refractivity contribution in [1.82, 2.24) is 0 Å². The number of fused-ring (bicyclic) bond motifs is 1. The second-order valence-electron chi connectivity index (χ2n) is 5.62. The molecule has 1 aromatic heterocycles. The summed E-state index contributed by atoms with van der Waals surface area (Å²) in [5.74, 6) is 0.222. The van der Waals surface area contributed by atoms with Gasteiger partial charge in [0.2, 0.25) is 0 Å². The van der Waals surface area contributed by atoms with Crippen LogP contribution in [0.25, 0.3) is 11.0 Å². The summed E-state index contributed by atoms with van der Waals surface area (Å²) >= 11 is 28.9. The van der Waals surface area contributed by atoms with Crippen LogP contribution in [0.4, 0.5) is 0 Å². The van der Waals surface area contributed by atoms with E-state index in [4.69, 9.17) is 76.0 Å². The quantitative estimate of drug-likeness (QED) is 0.222. The second kappa shape index (κ2) is 10.7. The number of hydrogen-bond acceptors (Lipinski definition) is 6. The maximum Gasteiger partial charge on any atom is 0.530 e. The van der Waals surface area contributed by atoms with Crippen molar-refractivity contribution in [2.75, 3.05) is 25.0 Å². The van der Waals surface area contributed by atoms with Gasteiger partial charge in [-0.05, 0) is 24.6 Å². The lowest BCUT2D eigenvalue weighted by molar-refractivity contribution is 0.158. The van der Waals surface area contributed by atoms with Crippen LogP contribution in [0.3, 0.4) is 0 Å². The Balaban J connectivity index is 2.30. The molecule has 0 fully saturated rings. The van der Waals surface area contributed by atoms with Crippen LogP contribution >= 0.6 is 65.8 Å². The molecule has 0 aliphatic heterocycles. The van der Waals surface area contributed by atoms with E-state index in [0.29, 0.717) is 10.9 Å². The molecule has 156 valence electrons. The van der Waals surface area contributed by atoms with Crippen LogP contribution in [0, 0.1) is 6.92 Å². The zero-order valence-electron chi connectivity index (χ0n) is 14.5. The SMILES string of the molecule is Cc1c(Cl)c(=O)oc2cc(OP(=O)(OCC(Cl)CCl)OCC(Cl)CCl)ccc12. The molecule has 0 radical (unpaired) electrons. The van der Waals surface area contributed by atoms with E-state index in [1.54, 1.807) is 13.0 Å². The first kappa shape index (κ1) is 24.1. The Morgan fingerprint density at radius 2 is 1.68 bits per heavy atom. The molecule has 0 saturated heterocycles. The fourth-order valence-electron chi connectivity index (χ4n) is 2.02. The minimum Gasteiger partial charge on any atom is -0.421 e. The molecule has 0 amide bonds. The standard InChI is InChI=1S/C16H16Cl5O6P/c1-9-13-3-2-12(4-14(13)26-16(22)15(9)21)27-28(23,24-7-10(19)5-17)25-8-11(20)6-18/h2-4,10-11H,5-8H2,1H3. The van der Waals surface area contributed by atoms with E-state index in [1.165, 1.54) is 12.1 Å². The van der Waals surface area contributed by atoms with Crippen molar-refractivity contribution < 1.29 is 22.6 Å². The van der Waals surface area contributed by atoms with E-state index in [1.807, 2.05) is 0 Å². The van der Waals surface area contributed by atoms with Gasteiger partial charge >= 0.3 is 13.4 Å². The van der Waals surface area contributed by atoms with Crippen LogP contribution in [-0.2, 0) is 13.6 Å². The molecule has 2 aromatic rings. The maximum atomic E-state index is 13.0. The molecule has 0 N–H and O–H groups in total. The normalized spacial score (nSPS) is 15.9. The Kier molecular flexibility index (Phi) is 9.24. The molecule has 0 saturated carbocycles. The number of hydrogen-bond donors (Lipinski definition) is 0. The maximum absolute atomic E-state index is 13.0. The molecular weight excluding hydrogens is 496 g/mol. The molecule has 2 atom stereocenters. The molecule has 6 nitrogen and oxygen atoms in total. The Morgan fingerprint density at radius 3 is 2.21 bits per heavy atom. The van der Waals surface area contributed by atoms with Gasteiger partial charge in [-0.1, -0.05) is 11.6 Å². The highest BCUT2D eigenvalue weighted by Gasteiger charge is 2.31. The van der Waals surface area contributed by atoms with Crippen LogP contribution < -0.4 is 10.1 Å². The van der Waals surface area contributed by atoms with E-state index >= 15 is 0 Å². The Labute approximate surface area is 186 Å². The van der Waals surface area contributed by atoms with Gasteiger partial charge < -0.3 is 8.94 Å². The molecule has 0 bridgehead atoms. The molecule has 2 rings (SSSR count). The van der Waals surface area contributed by atoms with Gasteiger partial charge in [-0.15, -0.1) is 46.4 Å². The molecule has 1 aromatic carbocycles. The van der Waals surface area contributed by atoms with Crippen LogP contribution in [0.5, 0.6) is 5.75 Å². The van der Waals surface area contributed by atoms with Gasteiger partial charge in [-0.3, -0.25) is 9.05 Å². The van der Waals surface area contributed by atoms with Crippen molar-refractivity contribution >= 4 is 76.8 Å². The van der Waals surface area contributed by atoms with Crippen molar-refractivity contribution in [3.05, 3.63) is 39.2 Å². The molecule has 28 heavy (non-hydrogen) atoms. The predicted molar refractivity (Wildman–Crippen MR) is 113 cm³/mol. The van der Waals surface area contributed by atoms with Crippen molar-refractivity contribution in [2.45, 2.75) is 17.7 Å². The van der Waals surface area contributed by atoms with Crippen molar-refractivity contribution in [3.8, 4) is 5.75 Å². The highest BCUT2D eigenvalue weighted by Crippen LogP contribution is 2.50. The number of halogens is 5. The van der Waals surface area contributed by atoms with Crippen LogP contribution in [0.1, 0.15) is 5.56 Å². The lowest BCUT2D eigenvalue weighted by Crippen LogP contribution is -2.16. The first-order valence-electron chi connectivity index (χ1n) is 7.91. The molecule has 1 heterocycles. The van der Waals surface area contributed by atoms with E-state index in [-0.39, 0.29) is 41.3 Å². The van der Waals surface area contributed by atoms with Gasteiger partial charge in [-0.2, -0.15) is 0 Å². The average molecular weight is 513 g/mol. The van der Waals surface area contributed by atoms with Gasteiger partial charge in [0, 0.05) is 23.2 Å². The molecular formula is C16H16Cl5O6P. The lowest BCUT2D eigenvalue weighted by atomic mass is 10.1. The molecule has 0 spiro atoms. The minimum absolute atomic E-state index is 0.0121. The second-order valence-corrected chi connectivity index (χ2v) is 9.44. The fraction of sp³-hybridized carbons (Fsp3) is 0.438. The summed E-state index contributed by atoms with van der Waals surface area (Å²) in [6.45, 7) is 1.31. The third kappa shape index (κ3) is 6.41. The topological polar surface area (TPSA) is 75.0 Å². The van der Waals surface area contributed by atoms with Gasteiger partial charge in [0.05, 0.1) is 24.0 Å². The molecule has 0 aliphatic carbocycles. The van der Waals surface area contributed by atoms with E-state index in [9.17, 15) is 9.36 Å². The Bertz CT molecular complexity index is 902. The van der Waals surface area contributed by atoms with Crippen molar-refractivity contribution in [3.63, 3.8) is 0 Å². The number of rotatable bonds is 10. The summed E-state index contributed by atoms with van der Waals surface area (Å²) in [6.07, 6.45) is 0. The van der Waals surface area contributed by atoms with Gasteiger partial charge in [0.1, 0.15) is 16.4 Å². The summed E-state index contributed by atoms with van der Waals surface area (Å²) in [6, 6.07) is 4.48. The van der Waals surface area contributed by atoms with Crippen LogP contribution in [-0.4, -0.2) is 35.7 Å². The monoisotopic (exact) mass is 510 g/mol. The van der Waals surface area contributed by atoms with Gasteiger partial charge in [0.25, 0.3) is 0 Å². The summed E-state index contributed by atoms with van der Waals surface area (Å²) < 4.78 is 34.0. The highest BCUT2D eigenvalue weighted by atomic mass is 35.5.